The van der Waals surface area contributed by atoms with Crippen LogP contribution in [0.1, 0.15) is 50.5 Å². The first-order valence-electron chi connectivity index (χ1n) is 9.77. The Kier molecular flexibility index (Phi) is 3.84. The number of para-hydroxylation sites is 1. The third kappa shape index (κ3) is 2.44. The molecule has 5 nitrogen and oxygen atoms in total. The summed E-state index contributed by atoms with van der Waals surface area (Å²) in [5.41, 5.74) is 1.85. The van der Waals surface area contributed by atoms with Gasteiger partial charge in [0.2, 0.25) is 0 Å². The second kappa shape index (κ2) is 6.08. The van der Waals surface area contributed by atoms with E-state index in [9.17, 15) is 4.79 Å². The Morgan fingerprint density at radius 3 is 2.36 bits per heavy atom. The number of fused-ring (bicyclic) bond motifs is 3. The third-order valence-corrected chi connectivity index (χ3v) is 6.14. The summed E-state index contributed by atoms with van der Waals surface area (Å²) >= 11 is 0. The number of carbonyl (C=O) groups excluding carboxylic acids is 1. The van der Waals surface area contributed by atoms with Crippen LogP contribution in [-0.2, 0) is 20.1 Å². The molecule has 3 fully saturated rings. The molecule has 1 spiro atoms. The van der Waals surface area contributed by atoms with Crippen LogP contribution in [0.4, 0.5) is 5.69 Å². The first-order valence-corrected chi connectivity index (χ1v) is 9.77. The Labute approximate surface area is 148 Å². The maximum atomic E-state index is 13.5. The molecule has 0 aromatic heterocycles. The smallest absolute Gasteiger partial charge is 0.293 e. The molecule has 25 heavy (non-hydrogen) atoms. The molecule has 1 saturated carbocycles. The largest absolute Gasteiger partial charge is 0.332 e. The van der Waals surface area contributed by atoms with Crippen molar-refractivity contribution in [3.05, 3.63) is 29.8 Å². The van der Waals surface area contributed by atoms with Crippen molar-refractivity contribution in [2.45, 2.75) is 62.9 Å². The van der Waals surface area contributed by atoms with Crippen LogP contribution in [0.2, 0.25) is 0 Å². The monoisotopic (exact) mass is 342 g/mol. The molecule has 4 aliphatic rings. The van der Waals surface area contributed by atoms with E-state index in [2.05, 4.69) is 4.90 Å². The van der Waals surface area contributed by atoms with Crippen molar-refractivity contribution in [1.29, 1.82) is 0 Å². The Hall–Kier alpha value is -1.43. The molecule has 3 heterocycles. The third-order valence-electron chi connectivity index (χ3n) is 6.14. The molecular weight excluding hydrogens is 316 g/mol. The lowest BCUT2D eigenvalue weighted by Gasteiger charge is -2.31. The summed E-state index contributed by atoms with van der Waals surface area (Å²) in [6.45, 7) is 2.76. The highest BCUT2D eigenvalue weighted by molar-refractivity contribution is 6.06. The summed E-state index contributed by atoms with van der Waals surface area (Å²) in [4.78, 5) is 17.7. The average molecular weight is 342 g/mol. The van der Waals surface area contributed by atoms with Gasteiger partial charge >= 0.3 is 0 Å². The summed E-state index contributed by atoms with van der Waals surface area (Å²) in [5.74, 6) is -1.24. The molecule has 1 aromatic rings. The zero-order valence-corrected chi connectivity index (χ0v) is 14.7. The van der Waals surface area contributed by atoms with Crippen molar-refractivity contribution in [2.24, 2.45) is 0 Å². The molecule has 1 aliphatic carbocycles. The van der Waals surface area contributed by atoms with Gasteiger partial charge in [-0.25, -0.2) is 0 Å². The molecule has 5 heteroatoms. The molecule has 0 N–H and O–H groups in total. The van der Waals surface area contributed by atoms with Gasteiger partial charge in [-0.1, -0.05) is 37.5 Å². The van der Waals surface area contributed by atoms with Gasteiger partial charge in [0, 0.05) is 5.56 Å². The van der Waals surface area contributed by atoms with Crippen LogP contribution < -0.4 is 4.90 Å². The Bertz CT molecular complexity index is 657. The molecule has 2 saturated heterocycles. The number of piperidine rings is 1. The molecular formula is C20H26N2O3. The van der Waals surface area contributed by atoms with Gasteiger partial charge in [-0.3, -0.25) is 14.6 Å². The van der Waals surface area contributed by atoms with Crippen LogP contribution >= 0.6 is 0 Å². The van der Waals surface area contributed by atoms with Gasteiger partial charge in [-0.05, 0) is 44.8 Å². The van der Waals surface area contributed by atoms with E-state index < -0.39 is 5.79 Å². The van der Waals surface area contributed by atoms with Gasteiger partial charge in [0.05, 0.1) is 24.6 Å². The highest BCUT2D eigenvalue weighted by Crippen LogP contribution is 2.51. The number of anilines is 1. The summed E-state index contributed by atoms with van der Waals surface area (Å²) in [6.07, 6.45) is 8.14. The number of benzene rings is 1. The molecule has 2 atom stereocenters. The number of carbonyl (C=O) groups is 1. The second-order valence-electron chi connectivity index (χ2n) is 7.78. The maximum absolute atomic E-state index is 13.5. The van der Waals surface area contributed by atoms with Gasteiger partial charge in [0.1, 0.15) is 0 Å². The van der Waals surface area contributed by atoms with Crippen LogP contribution in [0.25, 0.3) is 0 Å². The van der Waals surface area contributed by atoms with Gasteiger partial charge in [-0.2, -0.15) is 0 Å². The van der Waals surface area contributed by atoms with Gasteiger partial charge in [0.15, 0.2) is 0 Å². The quantitative estimate of drug-likeness (QED) is 0.829. The Balaban J connectivity index is 1.48. The van der Waals surface area contributed by atoms with Crippen LogP contribution in [0.5, 0.6) is 0 Å². The second-order valence-corrected chi connectivity index (χ2v) is 7.78. The number of likely N-dealkylation sites (tertiary alicyclic amines) is 1. The standard InChI is InChI=1S/C20H26N2O3/c23-19-20(24-17-10-4-5-11-18(17)25-20)15-8-2-3-9-16(15)22(19)14-21-12-6-1-7-13-21/h2-3,8-9,17-18H,1,4-7,10-14H2. The molecule has 0 bridgehead atoms. The first-order chi connectivity index (χ1) is 12.3. The molecule has 134 valence electrons. The molecule has 1 amide bonds. The zero-order chi connectivity index (χ0) is 16.9. The van der Waals surface area contributed by atoms with Crippen LogP contribution in [0, 0.1) is 0 Å². The number of ether oxygens (including phenoxy) is 2. The van der Waals surface area contributed by atoms with E-state index in [4.69, 9.17) is 9.47 Å². The van der Waals surface area contributed by atoms with Crippen molar-refractivity contribution >= 4 is 11.6 Å². The van der Waals surface area contributed by atoms with E-state index >= 15 is 0 Å². The topological polar surface area (TPSA) is 42.0 Å². The van der Waals surface area contributed by atoms with Crippen molar-refractivity contribution < 1.29 is 14.3 Å². The summed E-state index contributed by atoms with van der Waals surface area (Å²) in [6, 6.07) is 8.00. The van der Waals surface area contributed by atoms with E-state index in [1.807, 2.05) is 29.2 Å². The number of amides is 1. The Morgan fingerprint density at radius 2 is 1.64 bits per heavy atom. The predicted octanol–water partition coefficient (Wildman–Crippen LogP) is 2.99. The van der Waals surface area contributed by atoms with Crippen molar-refractivity contribution in [3.63, 3.8) is 0 Å². The first kappa shape index (κ1) is 15.8. The minimum absolute atomic E-state index is 0.0336. The van der Waals surface area contributed by atoms with E-state index in [0.29, 0.717) is 6.67 Å². The van der Waals surface area contributed by atoms with E-state index in [0.717, 1.165) is 50.0 Å². The summed E-state index contributed by atoms with van der Waals surface area (Å²) < 4.78 is 12.7. The van der Waals surface area contributed by atoms with E-state index in [1.165, 1.54) is 19.3 Å². The van der Waals surface area contributed by atoms with Crippen molar-refractivity contribution in [1.82, 2.24) is 4.90 Å². The summed E-state index contributed by atoms with van der Waals surface area (Å²) in [5, 5.41) is 0. The molecule has 5 rings (SSSR count). The fourth-order valence-corrected chi connectivity index (χ4v) is 4.85. The minimum atomic E-state index is -1.20. The predicted molar refractivity (Wildman–Crippen MR) is 94.1 cm³/mol. The van der Waals surface area contributed by atoms with Crippen molar-refractivity contribution in [2.75, 3.05) is 24.7 Å². The number of hydrogen-bond donors (Lipinski definition) is 0. The molecule has 2 unspecified atom stereocenters. The average Bonchev–Trinajstić information content (AvgIpc) is 3.15. The van der Waals surface area contributed by atoms with Gasteiger partial charge in [0.25, 0.3) is 11.7 Å². The van der Waals surface area contributed by atoms with Crippen molar-refractivity contribution in [3.8, 4) is 0 Å². The number of rotatable bonds is 2. The Morgan fingerprint density at radius 1 is 0.960 bits per heavy atom. The molecule has 3 aliphatic heterocycles. The number of nitrogens with zero attached hydrogens (tertiary/aromatic N) is 2. The van der Waals surface area contributed by atoms with Crippen LogP contribution in [0.15, 0.2) is 24.3 Å². The van der Waals surface area contributed by atoms with Gasteiger partial charge in [-0.15, -0.1) is 0 Å². The highest BCUT2D eigenvalue weighted by Gasteiger charge is 2.61. The van der Waals surface area contributed by atoms with Crippen LogP contribution in [0.3, 0.4) is 0 Å². The zero-order valence-electron chi connectivity index (χ0n) is 14.7. The maximum Gasteiger partial charge on any atom is 0.293 e. The fraction of sp³-hybridized carbons (Fsp3) is 0.650. The minimum Gasteiger partial charge on any atom is -0.332 e. The van der Waals surface area contributed by atoms with E-state index in [1.54, 1.807) is 0 Å². The SMILES string of the molecule is O=C1N(CN2CCCCC2)c2ccccc2C12OC1CCCCC1O2. The van der Waals surface area contributed by atoms with E-state index in [-0.39, 0.29) is 18.1 Å². The lowest BCUT2D eigenvalue weighted by Crippen LogP contribution is -2.47. The molecule has 1 aromatic carbocycles. The molecule has 0 radical (unpaired) electrons. The number of hydrogen-bond acceptors (Lipinski definition) is 4. The fourth-order valence-electron chi connectivity index (χ4n) is 4.85. The summed E-state index contributed by atoms with van der Waals surface area (Å²) in [7, 11) is 0. The lowest BCUT2D eigenvalue weighted by molar-refractivity contribution is -0.190. The lowest BCUT2D eigenvalue weighted by atomic mass is 9.95. The van der Waals surface area contributed by atoms with Gasteiger partial charge < -0.3 is 9.47 Å². The highest BCUT2D eigenvalue weighted by atomic mass is 16.8. The normalized spacial score (nSPS) is 35.2. The van der Waals surface area contributed by atoms with Crippen LogP contribution in [-0.4, -0.2) is 42.8 Å².